The van der Waals surface area contributed by atoms with Crippen molar-refractivity contribution in [3.63, 3.8) is 0 Å². The smallest absolute Gasteiger partial charge is 0.264 e. The number of hydrogen-bond acceptors (Lipinski definition) is 6. The minimum absolute atomic E-state index is 0.840. The second-order valence-electron chi connectivity index (χ2n) is 4.15. The number of hydrogen-bond donors (Lipinski definition) is 6. The monoisotopic (exact) mass is 310 g/mol. The molecule has 0 amide bonds. The van der Waals surface area contributed by atoms with E-state index in [0.29, 0.717) is 0 Å². The molecule has 0 radical (unpaired) electrons. The Balaban J connectivity index is 0. The Morgan fingerprint density at radius 1 is 0.722 bits per heavy atom. The first-order chi connectivity index (χ1) is 7.77. The Hall–Kier alpha value is 0.140. The molecule has 4 unspecified atom stereocenters. The van der Waals surface area contributed by atoms with Crippen LogP contribution in [-0.2, 0) is 10.4 Å². The van der Waals surface area contributed by atoms with Crippen LogP contribution >= 0.6 is 7.26 Å². The summed E-state index contributed by atoms with van der Waals surface area (Å²) in [5, 5.41) is 38.2. The second kappa shape index (κ2) is 7.66. The van der Waals surface area contributed by atoms with Crippen LogP contribution in [-0.4, -0.2) is 61.3 Å². The summed E-state index contributed by atoms with van der Waals surface area (Å²) in [6, 6.07) is 0. The van der Waals surface area contributed by atoms with E-state index in [4.69, 9.17) is 17.5 Å². The minimum Gasteiger partial charge on any atom is -0.264 e. The third-order valence-electron chi connectivity index (χ3n) is 2.89. The molecular formula is C8H23O8PS. The third-order valence-corrected chi connectivity index (χ3v) is 8.68. The molecule has 18 heavy (non-hydrogen) atoms. The molecule has 0 aliphatic heterocycles. The van der Waals surface area contributed by atoms with E-state index >= 15 is 0 Å². The molecule has 0 saturated carbocycles. The number of aliphatic hydroxyl groups excluding tert-OH is 4. The fourth-order valence-electron chi connectivity index (χ4n) is 2.09. The van der Waals surface area contributed by atoms with Crippen LogP contribution in [0.3, 0.4) is 0 Å². The molecule has 0 rings (SSSR count). The molecule has 114 valence electrons. The first-order valence-corrected chi connectivity index (χ1v) is 8.90. The Kier molecular flexibility index (Phi) is 8.71. The Bertz CT molecular complexity index is 278. The van der Waals surface area contributed by atoms with Crippen molar-refractivity contribution in [3.05, 3.63) is 0 Å². The standard InChI is InChI=1S/C8H21O4P.H2O4S/c1-5(9)13(6(2)10,7(3)11)8(4)12;1-5(2,3)4/h5-13H,1-4H3;(H2,1,2,3,4). The van der Waals surface area contributed by atoms with Crippen molar-refractivity contribution < 1.29 is 37.9 Å². The van der Waals surface area contributed by atoms with E-state index in [1.54, 1.807) is 0 Å². The molecular weight excluding hydrogens is 287 g/mol. The maximum absolute atomic E-state index is 9.56. The Morgan fingerprint density at radius 2 is 0.833 bits per heavy atom. The topological polar surface area (TPSA) is 156 Å². The van der Waals surface area contributed by atoms with Gasteiger partial charge in [0.05, 0.1) is 0 Å². The van der Waals surface area contributed by atoms with Crippen molar-refractivity contribution in [2.24, 2.45) is 0 Å². The van der Waals surface area contributed by atoms with E-state index in [1.165, 1.54) is 27.7 Å². The van der Waals surface area contributed by atoms with E-state index in [0.717, 1.165) is 0 Å². The van der Waals surface area contributed by atoms with Gasteiger partial charge >= 0.3 is 89.2 Å². The van der Waals surface area contributed by atoms with E-state index in [-0.39, 0.29) is 0 Å². The summed E-state index contributed by atoms with van der Waals surface area (Å²) < 4.78 is 31.6. The van der Waals surface area contributed by atoms with E-state index in [2.05, 4.69) is 0 Å². The van der Waals surface area contributed by atoms with Crippen LogP contribution in [0.4, 0.5) is 0 Å². The van der Waals surface area contributed by atoms with Gasteiger partial charge in [0.2, 0.25) is 0 Å². The average molecular weight is 310 g/mol. The van der Waals surface area contributed by atoms with Gasteiger partial charge in [0, 0.05) is 0 Å². The summed E-state index contributed by atoms with van der Waals surface area (Å²) in [5.41, 5.74) is 0. The first kappa shape index (κ1) is 20.5. The van der Waals surface area contributed by atoms with E-state index < -0.39 is 41.0 Å². The fraction of sp³-hybridized carbons (Fsp3) is 1.00. The van der Waals surface area contributed by atoms with Gasteiger partial charge in [-0.05, 0) is 0 Å². The fourth-order valence-corrected chi connectivity index (χ4v) is 6.28. The Morgan fingerprint density at radius 3 is 0.833 bits per heavy atom. The van der Waals surface area contributed by atoms with E-state index in [1.807, 2.05) is 0 Å². The molecule has 0 bridgehead atoms. The molecule has 4 atom stereocenters. The normalized spacial score (nSPS) is 20.1. The first-order valence-electron chi connectivity index (χ1n) is 5.20. The summed E-state index contributed by atoms with van der Waals surface area (Å²) in [6.45, 7) is 6.05. The zero-order valence-corrected chi connectivity index (χ0v) is 12.5. The molecule has 8 nitrogen and oxygen atoms in total. The quantitative estimate of drug-likeness (QED) is 0.298. The van der Waals surface area contributed by atoms with Gasteiger partial charge in [-0.15, -0.1) is 0 Å². The zero-order chi connectivity index (χ0) is 15.3. The van der Waals surface area contributed by atoms with Crippen molar-refractivity contribution in [2.45, 2.75) is 51.1 Å². The molecule has 0 aromatic rings. The van der Waals surface area contributed by atoms with Gasteiger partial charge in [-0.1, -0.05) is 0 Å². The maximum Gasteiger partial charge on any atom is 0.394 e. The van der Waals surface area contributed by atoms with Crippen LogP contribution < -0.4 is 0 Å². The average Bonchev–Trinajstić information content (AvgIpc) is 1.96. The summed E-state index contributed by atoms with van der Waals surface area (Å²) in [7, 11) is -7.55. The molecule has 0 aromatic heterocycles. The van der Waals surface area contributed by atoms with Crippen molar-refractivity contribution in [3.8, 4) is 0 Å². The second-order valence-corrected chi connectivity index (χ2v) is 10.4. The van der Waals surface area contributed by atoms with Gasteiger partial charge in [0.1, 0.15) is 0 Å². The molecule has 0 aliphatic carbocycles. The zero-order valence-electron chi connectivity index (χ0n) is 10.7. The van der Waals surface area contributed by atoms with Gasteiger partial charge in [-0.25, -0.2) is 0 Å². The van der Waals surface area contributed by atoms with Crippen LogP contribution in [0.1, 0.15) is 27.7 Å². The summed E-state index contributed by atoms with van der Waals surface area (Å²) in [4.78, 5) is 0. The largest absolute Gasteiger partial charge is 0.394 e. The third kappa shape index (κ3) is 6.35. The summed E-state index contributed by atoms with van der Waals surface area (Å²) in [6.07, 6.45) is 0. The molecule has 10 heteroatoms. The summed E-state index contributed by atoms with van der Waals surface area (Å²) >= 11 is 0. The van der Waals surface area contributed by atoms with Gasteiger partial charge < -0.3 is 0 Å². The molecule has 0 saturated heterocycles. The summed E-state index contributed by atoms with van der Waals surface area (Å²) in [5.74, 6) is -3.36. The molecule has 0 aliphatic rings. The predicted molar refractivity (Wildman–Crippen MR) is 69.2 cm³/mol. The van der Waals surface area contributed by atoms with Crippen LogP contribution in [0.25, 0.3) is 0 Å². The van der Waals surface area contributed by atoms with Gasteiger partial charge in [-0.3, -0.25) is 9.11 Å². The molecule has 0 spiro atoms. The molecule has 0 fully saturated rings. The van der Waals surface area contributed by atoms with Crippen LogP contribution in [0.2, 0.25) is 0 Å². The minimum atomic E-state index is -4.67. The maximum atomic E-state index is 9.56. The van der Waals surface area contributed by atoms with Gasteiger partial charge in [0.25, 0.3) is 0 Å². The SMILES string of the molecule is CC(O)[PH](C(C)O)(C(C)O)C(C)O.O=S(=O)(O)O. The van der Waals surface area contributed by atoms with Crippen molar-refractivity contribution in [1.82, 2.24) is 0 Å². The van der Waals surface area contributed by atoms with Crippen LogP contribution in [0, 0.1) is 0 Å². The van der Waals surface area contributed by atoms with Crippen LogP contribution in [0.5, 0.6) is 0 Å². The van der Waals surface area contributed by atoms with Gasteiger partial charge in [0.15, 0.2) is 0 Å². The molecule has 0 aromatic carbocycles. The predicted octanol–water partition coefficient (Wildman–Crippen LogP) is -0.563. The van der Waals surface area contributed by atoms with Gasteiger partial charge in [-0.2, -0.15) is 8.42 Å². The Labute approximate surface area is 107 Å². The van der Waals surface area contributed by atoms with Crippen molar-refractivity contribution >= 4 is 17.7 Å². The molecule has 0 heterocycles. The van der Waals surface area contributed by atoms with E-state index in [9.17, 15) is 20.4 Å². The van der Waals surface area contributed by atoms with Crippen molar-refractivity contribution in [2.75, 3.05) is 0 Å². The van der Waals surface area contributed by atoms with Crippen LogP contribution in [0.15, 0.2) is 0 Å². The molecule has 6 N–H and O–H groups in total. The van der Waals surface area contributed by atoms with Crippen molar-refractivity contribution in [1.29, 1.82) is 0 Å². The number of aliphatic hydroxyl groups is 4. The number of rotatable bonds is 4.